The third-order valence-corrected chi connectivity index (χ3v) is 5.12. The lowest BCUT2D eigenvalue weighted by Gasteiger charge is -2.33. The molecule has 3 heterocycles. The number of ether oxygens (including phenoxy) is 2. The highest BCUT2D eigenvalue weighted by atomic mass is 16.6. The van der Waals surface area contributed by atoms with E-state index in [0.29, 0.717) is 19.8 Å². The highest BCUT2D eigenvalue weighted by Crippen LogP contribution is 2.31. The Bertz CT molecular complexity index is 791. The van der Waals surface area contributed by atoms with Gasteiger partial charge in [0.1, 0.15) is 19.0 Å². The Balaban J connectivity index is 1.33. The molecule has 0 atom stereocenters. The molecule has 1 amide bonds. The van der Waals surface area contributed by atoms with Gasteiger partial charge < -0.3 is 19.3 Å². The zero-order valence-electron chi connectivity index (χ0n) is 15.5. The number of fused-ring (bicyclic) bond motifs is 1. The van der Waals surface area contributed by atoms with Crippen molar-refractivity contribution in [3.8, 4) is 11.5 Å². The summed E-state index contributed by atoms with van der Waals surface area (Å²) in [6.45, 7) is 3.37. The Morgan fingerprint density at radius 1 is 1.19 bits per heavy atom. The zero-order chi connectivity index (χ0) is 18.6. The molecule has 7 nitrogen and oxygen atoms in total. The van der Waals surface area contributed by atoms with E-state index in [1.165, 1.54) is 0 Å². The van der Waals surface area contributed by atoms with Gasteiger partial charge >= 0.3 is 0 Å². The van der Waals surface area contributed by atoms with Crippen molar-refractivity contribution in [2.24, 2.45) is 5.92 Å². The first kappa shape index (κ1) is 17.6. The van der Waals surface area contributed by atoms with E-state index in [4.69, 9.17) is 9.47 Å². The second kappa shape index (κ2) is 7.82. The number of hydrogen-bond acceptors (Lipinski definition) is 6. The monoisotopic (exact) mass is 368 g/mol. The second-order valence-electron chi connectivity index (χ2n) is 7.00. The summed E-state index contributed by atoms with van der Waals surface area (Å²) < 4.78 is 11.2. The molecule has 1 saturated heterocycles. The molecule has 2 aliphatic rings. The van der Waals surface area contributed by atoms with Crippen LogP contribution >= 0.6 is 0 Å². The summed E-state index contributed by atoms with van der Waals surface area (Å²) in [5.41, 5.74) is 1.05. The molecular formula is C20H24N4O3. The molecule has 0 unspecified atom stereocenters. The number of piperidine rings is 1. The maximum absolute atomic E-state index is 12.9. The van der Waals surface area contributed by atoms with E-state index in [-0.39, 0.29) is 11.8 Å². The van der Waals surface area contributed by atoms with Crippen molar-refractivity contribution in [3.63, 3.8) is 0 Å². The van der Waals surface area contributed by atoms with Gasteiger partial charge in [-0.15, -0.1) is 0 Å². The SMILES string of the molecule is CN(Cc1ccc2c(c1)OCCO2)C(=O)C1CCN(c2cnccn2)CC1. The molecule has 142 valence electrons. The average molecular weight is 368 g/mol. The van der Waals surface area contributed by atoms with E-state index in [0.717, 1.165) is 48.8 Å². The molecule has 0 radical (unpaired) electrons. The van der Waals surface area contributed by atoms with Crippen LogP contribution in [-0.4, -0.2) is 54.1 Å². The highest BCUT2D eigenvalue weighted by Gasteiger charge is 2.28. The Kier molecular flexibility index (Phi) is 5.09. The minimum absolute atomic E-state index is 0.0557. The molecule has 0 spiro atoms. The van der Waals surface area contributed by atoms with Crippen LogP contribution in [-0.2, 0) is 11.3 Å². The molecular weight excluding hydrogens is 344 g/mol. The van der Waals surface area contributed by atoms with E-state index >= 15 is 0 Å². The van der Waals surface area contributed by atoms with E-state index < -0.39 is 0 Å². The predicted octanol–water partition coefficient (Wildman–Crippen LogP) is 2.12. The molecule has 0 N–H and O–H groups in total. The summed E-state index contributed by atoms with van der Waals surface area (Å²) in [6.07, 6.45) is 6.82. The maximum atomic E-state index is 12.9. The Labute approximate surface area is 158 Å². The van der Waals surface area contributed by atoms with Gasteiger partial charge in [-0.3, -0.25) is 9.78 Å². The highest BCUT2D eigenvalue weighted by molar-refractivity contribution is 5.79. The van der Waals surface area contributed by atoms with E-state index in [1.807, 2.05) is 30.1 Å². The fourth-order valence-corrected chi connectivity index (χ4v) is 3.66. The summed E-state index contributed by atoms with van der Waals surface area (Å²) >= 11 is 0. The maximum Gasteiger partial charge on any atom is 0.225 e. The van der Waals surface area contributed by atoms with Gasteiger partial charge in [0.25, 0.3) is 0 Å². The van der Waals surface area contributed by atoms with Crippen molar-refractivity contribution < 1.29 is 14.3 Å². The van der Waals surface area contributed by atoms with Crippen LogP contribution in [0, 0.1) is 5.92 Å². The number of nitrogens with zero attached hydrogens (tertiary/aromatic N) is 4. The van der Waals surface area contributed by atoms with Gasteiger partial charge in [-0.25, -0.2) is 4.98 Å². The van der Waals surface area contributed by atoms with Gasteiger partial charge in [-0.05, 0) is 30.5 Å². The van der Waals surface area contributed by atoms with Gasteiger partial charge in [0.15, 0.2) is 11.5 Å². The number of rotatable bonds is 4. The van der Waals surface area contributed by atoms with Crippen LogP contribution in [0.5, 0.6) is 11.5 Å². The fourth-order valence-electron chi connectivity index (χ4n) is 3.66. The number of anilines is 1. The van der Waals surface area contributed by atoms with Crippen molar-refractivity contribution in [3.05, 3.63) is 42.4 Å². The van der Waals surface area contributed by atoms with Crippen LogP contribution in [0.25, 0.3) is 0 Å². The lowest BCUT2D eigenvalue weighted by atomic mass is 9.95. The largest absolute Gasteiger partial charge is 0.486 e. The Morgan fingerprint density at radius 2 is 1.96 bits per heavy atom. The predicted molar refractivity (Wildman–Crippen MR) is 101 cm³/mol. The normalized spacial score (nSPS) is 16.9. The van der Waals surface area contributed by atoms with Crippen LogP contribution in [0.15, 0.2) is 36.8 Å². The minimum Gasteiger partial charge on any atom is -0.486 e. The summed E-state index contributed by atoms with van der Waals surface area (Å²) in [6, 6.07) is 5.88. The molecule has 1 fully saturated rings. The quantitative estimate of drug-likeness (QED) is 0.824. The van der Waals surface area contributed by atoms with Crippen LogP contribution < -0.4 is 14.4 Å². The van der Waals surface area contributed by atoms with Crippen LogP contribution in [0.4, 0.5) is 5.82 Å². The molecule has 0 saturated carbocycles. The topological polar surface area (TPSA) is 67.8 Å². The first-order chi connectivity index (χ1) is 13.2. The number of aromatic nitrogens is 2. The first-order valence-corrected chi connectivity index (χ1v) is 9.35. The van der Waals surface area contributed by atoms with Gasteiger partial charge in [0.05, 0.1) is 6.20 Å². The third-order valence-electron chi connectivity index (χ3n) is 5.12. The Hall–Kier alpha value is -2.83. The third kappa shape index (κ3) is 3.97. The summed E-state index contributed by atoms with van der Waals surface area (Å²) in [5.74, 6) is 2.67. The van der Waals surface area contributed by atoms with Crippen LogP contribution in [0.2, 0.25) is 0 Å². The van der Waals surface area contributed by atoms with E-state index in [9.17, 15) is 4.79 Å². The van der Waals surface area contributed by atoms with Crippen molar-refractivity contribution in [1.82, 2.24) is 14.9 Å². The smallest absolute Gasteiger partial charge is 0.225 e. The molecule has 27 heavy (non-hydrogen) atoms. The standard InChI is InChI=1S/C20H24N4O3/c1-23(14-15-2-3-17-18(12-15)27-11-10-26-17)20(25)16-4-8-24(9-5-16)19-13-21-6-7-22-19/h2-3,6-7,12-13,16H,4-5,8-11,14H2,1H3. The molecule has 1 aromatic heterocycles. The number of carbonyl (C=O) groups excluding carboxylic acids is 1. The first-order valence-electron chi connectivity index (χ1n) is 9.35. The Morgan fingerprint density at radius 3 is 2.70 bits per heavy atom. The van der Waals surface area contributed by atoms with Gasteiger partial charge in [0, 0.05) is 45.0 Å². The van der Waals surface area contributed by atoms with Crippen molar-refractivity contribution >= 4 is 11.7 Å². The lowest BCUT2D eigenvalue weighted by molar-refractivity contribution is -0.135. The number of benzene rings is 1. The minimum atomic E-state index is 0.0557. The summed E-state index contributed by atoms with van der Waals surface area (Å²) in [4.78, 5) is 25.3. The molecule has 0 bridgehead atoms. The van der Waals surface area contributed by atoms with E-state index in [2.05, 4.69) is 14.9 Å². The molecule has 4 rings (SSSR count). The molecule has 1 aromatic carbocycles. The van der Waals surface area contributed by atoms with Gasteiger partial charge in [-0.2, -0.15) is 0 Å². The molecule has 7 heteroatoms. The van der Waals surface area contributed by atoms with Gasteiger partial charge in [0.2, 0.25) is 5.91 Å². The number of amides is 1. The van der Waals surface area contributed by atoms with Crippen molar-refractivity contribution in [2.75, 3.05) is 38.3 Å². The summed E-state index contributed by atoms with van der Waals surface area (Å²) in [5, 5.41) is 0. The van der Waals surface area contributed by atoms with Crippen molar-refractivity contribution in [2.45, 2.75) is 19.4 Å². The lowest BCUT2D eigenvalue weighted by Crippen LogP contribution is -2.41. The van der Waals surface area contributed by atoms with Gasteiger partial charge in [-0.1, -0.05) is 6.07 Å². The summed E-state index contributed by atoms with van der Waals surface area (Å²) in [7, 11) is 1.87. The number of hydrogen-bond donors (Lipinski definition) is 0. The molecule has 0 aliphatic carbocycles. The van der Waals surface area contributed by atoms with E-state index in [1.54, 1.807) is 18.6 Å². The van der Waals surface area contributed by atoms with Crippen molar-refractivity contribution in [1.29, 1.82) is 0 Å². The van der Waals surface area contributed by atoms with Crippen LogP contribution in [0.3, 0.4) is 0 Å². The average Bonchev–Trinajstić information content (AvgIpc) is 2.74. The molecule has 2 aromatic rings. The second-order valence-corrected chi connectivity index (χ2v) is 7.00. The molecule has 2 aliphatic heterocycles. The van der Waals surface area contributed by atoms with Crippen LogP contribution in [0.1, 0.15) is 18.4 Å². The fraction of sp³-hybridized carbons (Fsp3) is 0.450. The number of carbonyl (C=O) groups is 1. The zero-order valence-corrected chi connectivity index (χ0v) is 15.5.